The second kappa shape index (κ2) is 22.0. The largest absolute Gasteiger partial charge is 0.461 e. The van der Waals surface area contributed by atoms with Crippen LogP contribution >= 0.6 is 0 Å². The topological polar surface area (TPSA) is 198 Å². The van der Waals surface area contributed by atoms with Gasteiger partial charge in [-0.2, -0.15) is 13.2 Å². The number of alkyl halides is 3. The number of hydrogen-bond acceptors (Lipinski definition) is 9. The Kier molecular flexibility index (Phi) is 18.3. The number of hydrogen-bond donors (Lipinski definition) is 5. The van der Waals surface area contributed by atoms with E-state index in [1.165, 1.54) is 20.8 Å². The lowest BCUT2D eigenvalue weighted by Crippen LogP contribution is -2.60. The Balaban J connectivity index is 2.33. The first-order valence-corrected chi connectivity index (χ1v) is 17.2. The highest BCUT2D eigenvalue weighted by molar-refractivity contribution is 5.98. The van der Waals surface area contributed by atoms with Gasteiger partial charge in [0, 0.05) is 6.92 Å². The minimum atomic E-state index is -5.29. The van der Waals surface area contributed by atoms with Gasteiger partial charge < -0.3 is 36.1 Å². The number of nitrogens with one attached hydrogen (secondary N) is 5. The van der Waals surface area contributed by atoms with E-state index in [-0.39, 0.29) is 32.2 Å². The molecule has 0 radical (unpaired) electrons. The van der Waals surface area contributed by atoms with Gasteiger partial charge in [-0.25, -0.2) is 0 Å². The zero-order chi connectivity index (χ0) is 40.4. The molecule has 54 heavy (non-hydrogen) atoms. The van der Waals surface area contributed by atoms with Crippen molar-refractivity contribution in [3.05, 3.63) is 71.8 Å². The number of carbonyl (C=O) groups excluding carboxylic acids is 7. The molecule has 2 aromatic carbocycles. The molecule has 0 aromatic heterocycles. The maximum absolute atomic E-state index is 13.8. The monoisotopic (exact) mass is 763 g/mol. The van der Waals surface area contributed by atoms with Crippen LogP contribution in [0.1, 0.15) is 58.6 Å². The van der Waals surface area contributed by atoms with Crippen LogP contribution in [0.15, 0.2) is 60.7 Å². The molecule has 5 amide bonds. The fraction of sp³-hybridized carbons (Fsp3) is 0.486. The molecule has 5 N–H and O–H groups in total. The van der Waals surface area contributed by atoms with Crippen molar-refractivity contribution in [3.63, 3.8) is 0 Å². The summed E-state index contributed by atoms with van der Waals surface area (Å²) >= 11 is 0. The van der Waals surface area contributed by atoms with Gasteiger partial charge in [-0.05, 0) is 29.4 Å². The standard InChI is InChI=1S/C37H48F3N5O9/c1-22(2)16-27(43-36(52)29(42-30(47)18-41-24(5)46)21-53-19-25-12-8-6-9-13-25)34(50)44-28(17-31(48)54-20-26-14-10-7-11-15-26)35(51)45-32(23(3)4)33(49)37(38,39)40/h6-15,22-23,27-29,32H,16-21H2,1-5H3,(H,41,46)(H,42,47)(H,43,52)(H,44,50)(H,45,51)/t27-,28-,29-,32?/m0/s1. The lowest BCUT2D eigenvalue weighted by atomic mass is 9.98. The van der Waals surface area contributed by atoms with Crippen molar-refractivity contribution >= 4 is 41.3 Å². The number of amides is 5. The quantitative estimate of drug-likeness (QED) is 0.119. The first kappa shape index (κ1) is 44.8. The smallest absolute Gasteiger partial charge is 0.452 e. The number of halogens is 3. The fourth-order valence-electron chi connectivity index (χ4n) is 4.89. The molecule has 0 saturated carbocycles. The highest BCUT2D eigenvalue weighted by atomic mass is 19.4. The number of Topliss-reactive ketones (excluding diaryl/α,β-unsaturated/α-hetero) is 1. The molecule has 2 aromatic rings. The van der Waals surface area contributed by atoms with Crippen LogP contribution in [0.3, 0.4) is 0 Å². The van der Waals surface area contributed by atoms with Gasteiger partial charge in [0.2, 0.25) is 29.5 Å². The Labute approximate surface area is 311 Å². The average molecular weight is 764 g/mol. The van der Waals surface area contributed by atoms with Crippen molar-refractivity contribution in [2.24, 2.45) is 11.8 Å². The first-order chi connectivity index (χ1) is 25.4. The van der Waals surface area contributed by atoms with Crippen LogP contribution in [0.2, 0.25) is 0 Å². The van der Waals surface area contributed by atoms with E-state index in [0.29, 0.717) is 5.56 Å². The Morgan fingerprint density at radius 1 is 0.685 bits per heavy atom. The van der Waals surface area contributed by atoms with Crippen LogP contribution in [0.5, 0.6) is 0 Å². The molecule has 17 heteroatoms. The molecule has 0 aliphatic rings. The second-order valence-electron chi connectivity index (χ2n) is 13.2. The summed E-state index contributed by atoms with van der Waals surface area (Å²) in [5.41, 5.74) is 1.36. The van der Waals surface area contributed by atoms with Crippen LogP contribution in [0, 0.1) is 11.8 Å². The summed E-state index contributed by atoms with van der Waals surface area (Å²) < 4.78 is 51.1. The first-order valence-electron chi connectivity index (χ1n) is 17.2. The normalized spacial score (nSPS) is 13.5. The summed E-state index contributed by atoms with van der Waals surface area (Å²) in [5, 5.41) is 11.6. The molecule has 0 aliphatic carbocycles. The molecule has 0 fully saturated rings. The van der Waals surface area contributed by atoms with Crippen LogP contribution in [-0.4, -0.2) is 84.8 Å². The van der Waals surface area contributed by atoms with E-state index in [4.69, 9.17) is 9.47 Å². The highest BCUT2D eigenvalue weighted by Crippen LogP contribution is 2.21. The van der Waals surface area contributed by atoms with E-state index < -0.39 is 90.5 Å². The number of benzene rings is 2. The van der Waals surface area contributed by atoms with Gasteiger partial charge in [0.15, 0.2) is 0 Å². The lowest BCUT2D eigenvalue weighted by Gasteiger charge is -2.28. The minimum Gasteiger partial charge on any atom is -0.461 e. The number of esters is 1. The summed E-state index contributed by atoms with van der Waals surface area (Å²) in [5.74, 6) is -8.88. The van der Waals surface area contributed by atoms with Crippen molar-refractivity contribution in [3.8, 4) is 0 Å². The predicted molar refractivity (Wildman–Crippen MR) is 189 cm³/mol. The molecule has 1 unspecified atom stereocenters. The van der Waals surface area contributed by atoms with E-state index in [1.54, 1.807) is 74.5 Å². The van der Waals surface area contributed by atoms with Crippen LogP contribution in [-0.2, 0) is 56.2 Å². The zero-order valence-corrected chi connectivity index (χ0v) is 30.8. The van der Waals surface area contributed by atoms with Crippen LogP contribution in [0.4, 0.5) is 13.2 Å². The van der Waals surface area contributed by atoms with Gasteiger partial charge >= 0.3 is 12.1 Å². The van der Waals surface area contributed by atoms with Gasteiger partial charge in [-0.3, -0.25) is 33.6 Å². The molecular formula is C37H48F3N5O9. The minimum absolute atomic E-state index is 0.0248. The fourth-order valence-corrected chi connectivity index (χ4v) is 4.89. The number of rotatable bonds is 21. The molecule has 4 atom stereocenters. The molecule has 0 aliphatic heterocycles. The zero-order valence-electron chi connectivity index (χ0n) is 30.8. The second-order valence-corrected chi connectivity index (χ2v) is 13.2. The molecule has 2 rings (SSSR count). The lowest BCUT2D eigenvalue weighted by molar-refractivity contribution is -0.175. The van der Waals surface area contributed by atoms with E-state index >= 15 is 0 Å². The van der Waals surface area contributed by atoms with Crippen LogP contribution in [0.25, 0.3) is 0 Å². The maximum atomic E-state index is 13.8. The van der Waals surface area contributed by atoms with Crippen LogP contribution < -0.4 is 26.6 Å². The Hall–Kier alpha value is -5.32. The van der Waals surface area contributed by atoms with Gasteiger partial charge in [0.1, 0.15) is 24.7 Å². The molecule has 0 spiro atoms. The number of ether oxygens (including phenoxy) is 2. The average Bonchev–Trinajstić information content (AvgIpc) is 3.10. The van der Waals surface area contributed by atoms with E-state index in [9.17, 15) is 46.7 Å². The van der Waals surface area contributed by atoms with Gasteiger partial charge in [-0.1, -0.05) is 88.4 Å². The summed E-state index contributed by atoms with van der Waals surface area (Å²) in [7, 11) is 0. The molecule has 14 nitrogen and oxygen atoms in total. The molecular weight excluding hydrogens is 715 g/mol. The third-order valence-corrected chi connectivity index (χ3v) is 7.66. The summed E-state index contributed by atoms with van der Waals surface area (Å²) in [4.78, 5) is 89.8. The molecule has 0 saturated heterocycles. The summed E-state index contributed by atoms with van der Waals surface area (Å²) in [6.45, 7) is 6.24. The molecule has 0 heterocycles. The van der Waals surface area contributed by atoms with E-state index in [0.717, 1.165) is 5.56 Å². The van der Waals surface area contributed by atoms with E-state index in [1.807, 2.05) is 5.32 Å². The Bertz CT molecular complexity index is 1570. The number of carbonyl (C=O) groups is 7. The van der Waals surface area contributed by atoms with Crippen molar-refractivity contribution in [1.29, 1.82) is 0 Å². The number of ketones is 1. The van der Waals surface area contributed by atoms with Gasteiger partial charge in [0.25, 0.3) is 5.78 Å². The van der Waals surface area contributed by atoms with Crippen molar-refractivity contribution < 1.29 is 56.2 Å². The predicted octanol–water partition coefficient (Wildman–Crippen LogP) is 2.25. The molecule has 296 valence electrons. The SMILES string of the molecule is CC(=O)NCC(=O)N[C@@H](COCc1ccccc1)C(=O)N[C@@H](CC(C)C)C(=O)N[C@@H](CC(=O)OCc1ccccc1)C(=O)NC(C(=O)C(F)(F)F)C(C)C. The van der Waals surface area contributed by atoms with Crippen molar-refractivity contribution in [1.82, 2.24) is 26.6 Å². The Morgan fingerprint density at radius 3 is 1.72 bits per heavy atom. The van der Waals surface area contributed by atoms with Crippen molar-refractivity contribution in [2.45, 2.75) is 91.0 Å². The van der Waals surface area contributed by atoms with Crippen molar-refractivity contribution in [2.75, 3.05) is 13.2 Å². The third-order valence-electron chi connectivity index (χ3n) is 7.66. The Morgan fingerprint density at radius 2 is 1.20 bits per heavy atom. The molecule has 0 bridgehead atoms. The van der Waals surface area contributed by atoms with Gasteiger partial charge in [-0.15, -0.1) is 0 Å². The van der Waals surface area contributed by atoms with Gasteiger partial charge in [0.05, 0.1) is 32.2 Å². The third kappa shape index (κ3) is 16.6. The highest BCUT2D eigenvalue weighted by Gasteiger charge is 2.45. The summed E-state index contributed by atoms with van der Waals surface area (Å²) in [6.07, 6.45) is -6.16. The maximum Gasteiger partial charge on any atom is 0.452 e. The van der Waals surface area contributed by atoms with E-state index in [2.05, 4.69) is 21.3 Å². The summed E-state index contributed by atoms with van der Waals surface area (Å²) in [6, 6.07) is 10.7.